The number of ether oxygens (including phenoxy) is 6. The van der Waals surface area contributed by atoms with E-state index in [0.717, 1.165) is 83.5 Å². The average molecular weight is 1350 g/mol. The first-order valence-corrected chi connectivity index (χ1v) is 37.3. The van der Waals surface area contributed by atoms with Gasteiger partial charge in [-0.15, -0.1) is 0 Å². The van der Waals surface area contributed by atoms with Crippen molar-refractivity contribution in [3.05, 3.63) is 85.1 Å². The Labute approximate surface area is 571 Å². The molecule has 0 aromatic carbocycles. The van der Waals surface area contributed by atoms with E-state index in [-0.39, 0.29) is 18.9 Å². The molecule has 3 saturated heterocycles. The topological polar surface area (TPSA) is 307 Å². The molecule has 0 aliphatic carbocycles. The molecule has 17 unspecified atom stereocenters. The molecule has 3 aliphatic heterocycles. The van der Waals surface area contributed by atoms with E-state index in [4.69, 9.17) is 28.4 Å². The van der Waals surface area contributed by atoms with Crippen LogP contribution >= 0.6 is 0 Å². The second-order valence-corrected chi connectivity index (χ2v) is 26.4. The summed E-state index contributed by atoms with van der Waals surface area (Å²) in [5, 5.41) is 121. The van der Waals surface area contributed by atoms with Gasteiger partial charge >= 0.3 is 0 Å². The number of allylic oxidation sites excluding steroid dienone is 13. The van der Waals surface area contributed by atoms with Crippen LogP contribution in [0.1, 0.15) is 258 Å². The Morgan fingerprint density at radius 2 is 0.737 bits per heavy atom. The van der Waals surface area contributed by atoms with Crippen molar-refractivity contribution >= 4 is 5.91 Å². The molecule has 19 nitrogen and oxygen atoms in total. The summed E-state index contributed by atoms with van der Waals surface area (Å²) in [6, 6.07) is -1.01. The van der Waals surface area contributed by atoms with Gasteiger partial charge in [-0.2, -0.15) is 0 Å². The lowest BCUT2D eigenvalue weighted by atomic mass is 9.96. The zero-order chi connectivity index (χ0) is 68.9. The summed E-state index contributed by atoms with van der Waals surface area (Å²) in [6.07, 6.45) is 47.0. The molecule has 17 atom stereocenters. The Morgan fingerprint density at radius 1 is 0.389 bits per heavy atom. The molecule has 0 spiro atoms. The zero-order valence-electron chi connectivity index (χ0n) is 58.4. The molecule has 3 rings (SSSR count). The van der Waals surface area contributed by atoms with E-state index < -0.39 is 124 Å². The van der Waals surface area contributed by atoms with E-state index in [0.29, 0.717) is 12.8 Å². The SMILES string of the molecule is CC/C=C\C/C=C\C/C=C\C/C=C\CCCCCCCCCCCCC(=O)NC(COC1OC(CO)C(OC2OC(CO)C(OC3OC(CO)C(O)C(O)C3O)C(O)C2O)C(O)C1O)C(O)/C=C/CC/C=C/CC/C=C/CCCCCCCCCCCCCCCCCCC. The number of carbonyl (C=O) groups excluding carboxylic acids is 1. The van der Waals surface area contributed by atoms with Gasteiger partial charge in [0.2, 0.25) is 5.91 Å². The van der Waals surface area contributed by atoms with E-state index in [9.17, 15) is 61.0 Å². The number of carbonyl (C=O) groups is 1. The van der Waals surface area contributed by atoms with E-state index >= 15 is 0 Å². The van der Waals surface area contributed by atoms with Crippen molar-refractivity contribution in [2.45, 2.75) is 362 Å². The number of aliphatic hydroxyl groups excluding tert-OH is 11. The highest BCUT2D eigenvalue weighted by Gasteiger charge is 2.53. The smallest absolute Gasteiger partial charge is 0.220 e. The molecule has 550 valence electrons. The van der Waals surface area contributed by atoms with Crippen LogP contribution in [0.25, 0.3) is 0 Å². The fourth-order valence-corrected chi connectivity index (χ4v) is 12.2. The molecule has 95 heavy (non-hydrogen) atoms. The molecule has 0 bridgehead atoms. The van der Waals surface area contributed by atoms with Crippen LogP contribution < -0.4 is 5.32 Å². The lowest BCUT2D eigenvalue weighted by Crippen LogP contribution is -2.66. The maximum Gasteiger partial charge on any atom is 0.220 e. The molecule has 0 radical (unpaired) electrons. The lowest BCUT2D eigenvalue weighted by Gasteiger charge is -2.48. The predicted molar refractivity (Wildman–Crippen MR) is 374 cm³/mol. The normalized spacial score (nSPS) is 27.7. The number of aliphatic hydroxyl groups is 11. The molecular weight excluding hydrogens is 1210 g/mol. The van der Waals surface area contributed by atoms with Crippen molar-refractivity contribution in [3.63, 3.8) is 0 Å². The van der Waals surface area contributed by atoms with Crippen LogP contribution in [0.15, 0.2) is 85.1 Å². The van der Waals surface area contributed by atoms with Gasteiger partial charge in [-0.05, 0) is 83.5 Å². The van der Waals surface area contributed by atoms with Gasteiger partial charge in [0.15, 0.2) is 18.9 Å². The molecule has 0 aromatic heterocycles. The van der Waals surface area contributed by atoms with E-state index in [1.807, 2.05) is 6.08 Å². The van der Waals surface area contributed by atoms with Crippen molar-refractivity contribution in [2.75, 3.05) is 26.4 Å². The van der Waals surface area contributed by atoms with Crippen molar-refractivity contribution in [1.82, 2.24) is 5.32 Å². The fraction of sp³-hybridized carbons (Fsp3) is 0.803. The van der Waals surface area contributed by atoms with Gasteiger partial charge in [0.25, 0.3) is 0 Å². The minimum absolute atomic E-state index is 0.222. The van der Waals surface area contributed by atoms with Crippen molar-refractivity contribution in [1.29, 1.82) is 0 Å². The Bertz CT molecular complexity index is 2050. The molecule has 19 heteroatoms. The highest BCUT2D eigenvalue weighted by Crippen LogP contribution is 2.33. The quantitative estimate of drug-likeness (QED) is 0.0199. The monoisotopic (exact) mass is 1350 g/mol. The standard InChI is InChI=1S/C76H133NO18/c1-3-5-7-9-11-13-15-17-19-21-23-25-27-28-29-30-32-33-35-37-39-41-43-45-47-49-51-53-60(81)59(77-64(82)54-52-50-48-46-44-42-40-38-36-34-31-26-24-22-20-18-16-14-12-10-8-6-4-2)58-90-74-70(88)67(85)72(62(56-79)92-74)95-76-71(89)68(86)73(63(57-80)93-76)94-75-69(87)66(84)65(83)61(55-78)91-75/h6,8,12,14,18,20,24,26,35,37,43,45,51,53,59-63,65-76,78-81,83-89H,3-5,7,9-11,13,15-17,19,21-23,25,27-34,36,38-42,44,46-50,52,54-58H2,1-2H3,(H,77,82)/b8-6-,14-12-,20-18-,26-24-,37-35+,45-43+,53-51+. The summed E-state index contributed by atoms with van der Waals surface area (Å²) in [7, 11) is 0. The largest absolute Gasteiger partial charge is 0.394 e. The highest BCUT2D eigenvalue weighted by atomic mass is 16.8. The van der Waals surface area contributed by atoms with Crippen LogP contribution in [-0.2, 0) is 33.2 Å². The van der Waals surface area contributed by atoms with Gasteiger partial charge in [0.05, 0.1) is 38.6 Å². The van der Waals surface area contributed by atoms with E-state index in [1.54, 1.807) is 6.08 Å². The molecule has 1 amide bonds. The number of rotatable bonds is 57. The number of amides is 1. The minimum Gasteiger partial charge on any atom is -0.394 e. The molecule has 3 aliphatic rings. The zero-order valence-corrected chi connectivity index (χ0v) is 58.4. The maximum absolute atomic E-state index is 13.4. The predicted octanol–water partition coefficient (Wildman–Crippen LogP) is 11.1. The molecule has 0 saturated carbocycles. The van der Waals surface area contributed by atoms with Gasteiger partial charge in [-0.3, -0.25) is 4.79 Å². The van der Waals surface area contributed by atoms with Gasteiger partial charge in [0.1, 0.15) is 73.2 Å². The van der Waals surface area contributed by atoms with Crippen LogP contribution in [-0.4, -0.2) is 193 Å². The Balaban J connectivity index is 1.43. The molecular formula is C76H133NO18. The van der Waals surface area contributed by atoms with Gasteiger partial charge in [0, 0.05) is 6.42 Å². The minimum atomic E-state index is -1.99. The van der Waals surface area contributed by atoms with Crippen molar-refractivity contribution in [3.8, 4) is 0 Å². The highest BCUT2D eigenvalue weighted by molar-refractivity contribution is 5.76. The number of hydrogen-bond donors (Lipinski definition) is 12. The van der Waals surface area contributed by atoms with Crippen LogP contribution in [0.2, 0.25) is 0 Å². The van der Waals surface area contributed by atoms with Crippen LogP contribution in [0.5, 0.6) is 0 Å². The van der Waals surface area contributed by atoms with E-state index in [1.165, 1.54) is 141 Å². The Hall–Kier alpha value is -3.03. The van der Waals surface area contributed by atoms with Crippen LogP contribution in [0.3, 0.4) is 0 Å². The van der Waals surface area contributed by atoms with Gasteiger partial charge in [-0.25, -0.2) is 0 Å². The second kappa shape index (κ2) is 56.7. The summed E-state index contributed by atoms with van der Waals surface area (Å²) in [6.45, 7) is 1.61. The van der Waals surface area contributed by atoms with Crippen molar-refractivity contribution in [2.24, 2.45) is 0 Å². The summed E-state index contributed by atoms with van der Waals surface area (Å²) in [5.41, 5.74) is 0. The number of hydrogen-bond acceptors (Lipinski definition) is 18. The fourth-order valence-electron chi connectivity index (χ4n) is 12.2. The molecule has 0 aromatic rings. The molecule has 12 N–H and O–H groups in total. The summed E-state index contributed by atoms with van der Waals surface area (Å²) < 4.78 is 34.4. The van der Waals surface area contributed by atoms with Crippen LogP contribution in [0.4, 0.5) is 0 Å². The first kappa shape index (κ1) is 86.2. The Kier molecular flexibility index (Phi) is 51.4. The first-order valence-electron chi connectivity index (χ1n) is 37.3. The third kappa shape index (κ3) is 37.8. The summed E-state index contributed by atoms with van der Waals surface area (Å²) >= 11 is 0. The van der Waals surface area contributed by atoms with Gasteiger partial charge < -0.3 is 89.9 Å². The van der Waals surface area contributed by atoms with E-state index in [2.05, 4.69) is 92.1 Å². The summed E-state index contributed by atoms with van der Waals surface area (Å²) in [5.74, 6) is -0.296. The number of nitrogens with one attached hydrogen (secondary N) is 1. The third-order valence-electron chi connectivity index (χ3n) is 18.2. The molecule has 3 fully saturated rings. The second-order valence-electron chi connectivity index (χ2n) is 26.4. The third-order valence-corrected chi connectivity index (χ3v) is 18.2. The average Bonchev–Trinajstić information content (AvgIpc) is 0.787. The maximum atomic E-state index is 13.4. The first-order chi connectivity index (χ1) is 46.3. The van der Waals surface area contributed by atoms with Gasteiger partial charge in [-0.1, -0.05) is 253 Å². The lowest BCUT2D eigenvalue weighted by molar-refractivity contribution is -0.379. The van der Waals surface area contributed by atoms with Crippen molar-refractivity contribution < 1.29 is 89.4 Å². The molecule has 3 heterocycles. The van der Waals surface area contributed by atoms with Crippen LogP contribution in [0, 0.1) is 0 Å². The Morgan fingerprint density at radius 3 is 1.18 bits per heavy atom. The summed E-state index contributed by atoms with van der Waals surface area (Å²) in [4.78, 5) is 13.4. The number of unbranched alkanes of at least 4 members (excludes halogenated alkanes) is 29.